The van der Waals surface area contributed by atoms with E-state index >= 15 is 0 Å². The fourth-order valence-electron chi connectivity index (χ4n) is 0.448. The molecule has 0 aliphatic heterocycles. The highest BCUT2D eigenvalue weighted by Gasteiger charge is 1.93. The number of hydrogen-bond acceptors (Lipinski definition) is 2. The largest absolute Gasteiger partial charge is 0.299 e. The van der Waals surface area contributed by atoms with Crippen molar-refractivity contribution in [3.05, 3.63) is 0 Å². The molecular formula is C7H15NS. The lowest BCUT2D eigenvalue weighted by atomic mass is 10.2. The van der Waals surface area contributed by atoms with E-state index in [1.54, 1.807) is 11.8 Å². The van der Waals surface area contributed by atoms with E-state index < -0.39 is 0 Å². The Labute approximate surface area is 61.7 Å². The van der Waals surface area contributed by atoms with Gasteiger partial charge in [-0.2, -0.15) is 0 Å². The molecule has 0 spiro atoms. The first-order chi connectivity index (χ1) is 4.13. The quantitative estimate of drug-likeness (QED) is 0.479. The van der Waals surface area contributed by atoms with Crippen molar-refractivity contribution in [1.29, 1.82) is 5.41 Å². The van der Waals surface area contributed by atoms with E-state index in [0.717, 1.165) is 16.7 Å². The second-order valence-electron chi connectivity index (χ2n) is 2.59. The molecule has 0 aromatic carbocycles. The van der Waals surface area contributed by atoms with Crippen LogP contribution in [-0.2, 0) is 0 Å². The fraction of sp³-hybridized carbons (Fsp3) is 0.857. The Morgan fingerprint density at radius 2 is 2.11 bits per heavy atom. The van der Waals surface area contributed by atoms with Crippen molar-refractivity contribution in [2.75, 3.05) is 5.75 Å². The van der Waals surface area contributed by atoms with Crippen LogP contribution in [0.1, 0.15) is 27.2 Å². The maximum absolute atomic E-state index is 7.10. The maximum Gasteiger partial charge on any atom is 0.0610 e. The Kier molecular flexibility index (Phi) is 4.87. The van der Waals surface area contributed by atoms with Crippen LogP contribution >= 0.6 is 11.8 Å². The molecule has 1 nitrogen and oxygen atoms in total. The lowest BCUT2D eigenvalue weighted by Gasteiger charge is -2.01. The highest BCUT2D eigenvalue weighted by atomic mass is 32.2. The monoisotopic (exact) mass is 145 g/mol. The van der Waals surface area contributed by atoms with Gasteiger partial charge in [-0.25, -0.2) is 0 Å². The topological polar surface area (TPSA) is 23.9 Å². The van der Waals surface area contributed by atoms with Crippen LogP contribution in [0.15, 0.2) is 0 Å². The van der Waals surface area contributed by atoms with E-state index in [9.17, 15) is 0 Å². The van der Waals surface area contributed by atoms with Gasteiger partial charge in [0, 0.05) is 0 Å². The fourth-order valence-corrected chi connectivity index (χ4v) is 1.34. The molecule has 0 unspecified atom stereocenters. The molecule has 0 aromatic heterocycles. The smallest absolute Gasteiger partial charge is 0.0610 e. The summed E-state index contributed by atoms with van der Waals surface area (Å²) in [5, 5.41) is 7.83. The first-order valence-corrected chi connectivity index (χ1v) is 4.29. The molecular weight excluding hydrogens is 130 g/mol. The van der Waals surface area contributed by atoms with Crippen LogP contribution in [0.25, 0.3) is 0 Å². The molecule has 0 aromatic rings. The Hall–Kier alpha value is 0.0200. The molecule has 0 aliphatic carbocycles. The van der Waals surface area contributed by atoms with Crippen molar-refractivity contribution in [3.63, 3.8) is 0 Å². The van der Waals surface area contributed by atoms with Gasteiger partial charge in [0.2, 0.25) is 0 Å². The van der Waals surface area contributed by atoms with Gasteiger partial charge in [0.15, 0.2) is 0 Å². The summed E-state index contributed by atoms with van der Waals surface area (Å²) >= 11 is 1.64. The zero-order valence-corrected chi connectivity index (χ0v) is 7.22. The average molecular weight is 145 g/mol. The summed E-state index contributed by atoms with van der Waals surface area (Å²) in [5.41, 5.74) is 0. The van der Waals surface area contributed by atoms with Gasteiger partial charge >= 0.3 is 0 Å². The van der Waals surface area contributed by atoms with Crippen LogP contribution in [0.5, 0.6) is 0 Å². The second kappa shape index (κ2) is 4.86. The summed E-state index contributed by atoms with van der Waals surface area (Å²) in [7, 11) is 0. The van der Waals surface area contributed by atoms with Gasteiger partial charge in [-0.15, -0.1) is 11.8 Å². The lowest BCUT2D eigenvalue weighted by molar-refractivity contribution is 0.632. The predicted octanol–water partition coefficient (Wildman–Crippen LogP) is 2.76. The first kappa shape index (κ1) is 9.02. The van der Waals surface area contributed by atoms with Crippen LogP contribution < -0.4 is 0 Å². The number of thioether (sulfide) groups is 1. The summed E-state index contributed by atoms with van der Waals surface area (Å²) in [6, 6.07) is 0. The van der Waals surface area contributed by atoms with E-state index in [2.05, 4.69) is 13.8 Å². The molecule has 2 heteroatoms. The van der Waals surface area contributed by atoms with E-state index in [4.69, 9.17) is 5.41 Å². The van der Waals surface area contributed by atoms with Gasteiger partial charge in [0.25, 0.3) is 0 Å². The first-order valence-electron chi connectivity index (χ1n) is 3.31. The van der Waals surface area contributed by atoms with Crippen molar-refractivity contribution >= 4 is 16.8 Å². The molecule has 0 radical (unpaired) electrons. The zero-order chi connectivity index (χ0) is 7.28. The summed E-state index contributed by atoms with van der Waals surface area (Å²) in [6.45, 7) is 6.25. The molecule has 0 rings (SSSR count). The number of hydrogen-bond donors (Lipinski definition) is 1. The van der Waals surface area contributed by atoms with E-state index in [-0.39, 0.29) is 0 Å². The Morgan fingerprint density at radius 1 is 1.56 bits per heavy atom. The molecule has 0 atom stereocenters. The third-order valence-corrected chi connectivity index (χ3v) is 1.89. The van der Waals surface area contributed by atoms with Gasteiger partial charge in [-0.05, 0) is 25.0 Å². The van der Waals surface area contributed by atoms with Crippen molar-refractivity contribution < 1.29 is 0 Å². The molecule has 1 N–H and O–H groups in total. The Balaban J connectivity index is 3.01. The Bertz CT molecular complexity index is 88.9. The van der Waals surface area contributed by atoms with Gasteiger partial charge in [-0.1, -0.05) is 13.8 Å². The zero-order valence-electron chi connectivity index (χ0n) is 6.40. The minimum Gasteiger partial charge on any atom is -0.299 e. The lowest BCUT2D eigenvalue weighted by Crippen LogP contribution is -1.91. The van der Waals surface area contributed by atoms with Crippen molar-refractivity contribution in [3.8, 4) is 0 Å². The maximum atomic E-state index is 7.10. The summed E-state index contributed by atoms with van der Waals surface area (Å²) in [4.78, 5) is 0. The van der Waals surface area contributed by atoms with Gasteiger partial charge in [0.1, 0.15) is 0 Å². The molecule has 0 saturated heterocycles. The minimum atomic E-state index is 0.732. The van der Waals surface area contributed by atoms with E-state index in [1.807, 2.05) is 6.92 Å². The molecule has 0 amide bonds. The molecule has 9 heavy (non-hydrogen) atoms. The van der Waals surface area contributed by atoms with E-state index in [1.165, 1.54) is 6.42 Å². The van der Waals surface area contributed by atoms with Gasteiger partial charge in [-0.3, -0.25) is 5.41 Å². The third-order valence-electron chi connectivity index (χ3n) is 1.01. The van der Waals surface area contributed by atoms with Crippen LogP contribution in [0, 0.1) is 11.3 Å². The number of nitrogens with one attached hydrogen (secondary N) is 1. The van der Waals surface area contributed by atoms with Gasteiger partial charge in [0.05, 0.1) is 5.04 Å². The van der Waals surface area contributed by atoms with Crippen LogP contribution in [0.3, 0.4) is 0 Å². The Morgan fingerprint density at radius 3 is 2.44 bits per heavy atom. The molecule has 0 fully saturated rings. The molecule has 0 heterocycles. The minimum absolute atomic E-state index is 0.732. The van der Waals surface area contributed by atoms with Crippen LogP contribution in [0.4, 0.5) is 0 Å². The van der Waals surface area contributed by atoms with E-state index in [0.29, 0.717) is 0 Å². The van der Waals surface area contributed by atoms with Crippen LogP contribution in [-0.4, -0.2) is 10.8 Å². The molecule has 0 bridgehead atoms. The van der Waals surface area contributed by atoms with Crippen molar-refractivity contribution in [2.45, 2.75) is 27.2 Å². The molecule has 54 valence electrons. The predicted molar refractivity (Wildman–Crippen MR) is 45.3 cm³/mol. The van der Waals surface area contributed by atoms with Crippen molar-refractivity contribution in [2.24, 2.45) is 5.92 Å². The molecule has 0 saturated carbocycles. The SMILES string of the molecule is CC(=N)SCCC(C)C. The van der Waals surface area contributed by atoms with Crippen molar-refractivity contribution in [1.82, 2.24) is 0 Å². The van der Waals surface area contributed by atoms with Crippen LogP contribution in [0.2, 0.25) is 0 Å². The average Bonchev–Trinajstić information content (AvgIpc) is 1.63. The summed E-state index contributed by atoms with van der Waals surface area (Å²) in [5.74, 6) is 1.88. The highest BCUT2D eigenvalue weighted by Crippen LogP contribution is 2.08. The normalized spacial score (nSPS) is 10.2. The van der Waals surface area contributed by atoms with Gasteiger partial charge < -0.3 is 0 Å². The number of rotatable bonds is 3. The summed E-state index contributed by atoms with van der Waals surface area (Å²) in [6.07, 6.45) is 1.22. The summed E-state index contributed by atoms with van der Waals surface area (Å²) < 4.78 is 0. The third kappa shape index (κ3) is 8.02. The highest BCUT2D eigenvalue weighted by molar-refractivity contribution is 8.13. The second-order valence-corrected chi connectivity index (χ2v) is 3.90. The standard InChI is InChI=1S/C7H15NS/c1-6(2)4-5-9-7(3)8/h6,8H,4-5H2,1-3H3. The molecule has 0 aliphatic rings.